The van der Waals surface area contributed by atoms with Crippen molar-refractivity contribution in [2.75, 3.05) is 41.5 Å². The quantitative estimate of drug-likeness (QED) is 0.508. The number of rotatable bonds is 6. The SMILES string of the molecule is C=C(C)C(=O)OCCN(C)C.COS(=O)(=O)OC. The Kier molecular flexibility index (Phi) is 10.8. The number of carbonyl (C=O) groups excluding carboxylic acids is 1. The highest BCUT2D eigenvalue weighted by Crippen LogP contribution is 1.91. The molecular formula is C10H21NO6S. The highest BCUT2D eigenvalue weighted by molar-refractivity contribution is 7.81. The lowest BCUT2D eigenvalue weighted by molar-refractivity contribution is -0.139. The molecule has 108 valence electrons. The first kappa shape index (κ1) is 19.4. The molecule has 8 heteroatoms. The van der Waals surface area contributed by atoms with E-state index in [1.54, 1.807) is 6.92 Å². The molecule has 0 saturated heterocycles. The minimum absolute atomic E-state index is 0.313. The molecule has 0 saturated carbocycles. The van der Waals surface area contributed by atoms with E-state index in [0.717, 1.165) is 20.8 Å². The van der Waals surface area contributed by atoms with Gasteiger partial charge in [-0.2, -0.15) is 8.42 Å². The fourth-order valence-electron chi connectivity index (χ4n) is 0.512. The molecule has 0 bridgehead atoms. The Morgan fingerprint density at radius 2 is 1.67 bits per heavy atom. The summed E-state index contributed by atoms with van der Waals surface area (Å²) in [4.78, 5) is 12.7. The molecule has 0 rings (SSSR count). The van der Waals surface area contributed by atoms with Crippen molar-refractivity contribution < 1.29 is 26.3 Å². The second kappa shape index (κ2) is 10.0. The minimum Gasteiger partial charge on any atom is -0.461 e. The van der Waals surface area contributed by atoms with Crippen LogP contribution in [0.15, 0.2) is 12.2 Å². The van der Waals surface area contributed by atoms with Crippen molar-refractivity contribution in [1.29, 1.82) is 0 Å². The number of esters is 1. The summed E-state index contributed by atoms with van der Waals surface area (Å²) < 4.78 is 32.4. The van der Waals surface area contributed by atoms with Gasteiger partial charge in [-0.25, -0.2) is 4.79 Å². The predicted molar refractivity (Wildman–Crippen MR) is 67.3 cm³/mol. The molecule has 0 heterocycles. The third-order valence-electron chi connectivity index (χ3n) is 1.53. The molecule has 0 amide bonds. The smallest absolute Gasteiger partial charge is 0.399 e. The third kappa shape index (κ3) is 13.1. The summed E-state index contributed by atoms with van der Waals surface area (Å²) in [6, 6.07) is 0. The van der Waals surface area contributed by atoms with Crippen LogP contribution in [0.3, 0.4) is 0 Å². The van der Waals surface area contributed by atoms with Gasteiger partial charge in [0.15, 0.2) is 0 Å². The minimum atomic E-state index is -3.66. The second-order valence-electron chi connectivity index (χ2n) is 3.46. The molecule has 0 radical (unpaired) electrons. The lowest BCUT2D eigenvalue weighted by atomic mass is 10.4. The van der Waals surface area contributed by atoms with E-state index in [9.17, 15) is 13.2 Å². The van der Waals surface area contributed by atoms with Crippen molar-refractivity contribution >= 4 is 16.4 Å². The van der Waals surface area contributed by atoms with Crippen molar-refractivity contribution in [3.8, 4) is 0 Å². The third-order valence-corrected chi connectivity index (χ3v) is 2.34. The summed E-state index contributed by atoms with van der Waals surface area (Å²) >= 11 is 0. The van der Waals surface area contributed by atoms with Crippen molar-refractivity contribution in [2.24, 2.45) is 0 Å². The first-order valence-corrected chi connectivity index (χ1v) is 6.33. The second-order valence-corrected chi connectivity index (χ2v) is 4.94. The molecule has 0 N–H and O–H groups in total. The zero-order chi connectivity index (χ0) is 14.8. The Morgan fingerprint density at radius 3 is 1.89 bits per heavy atom. The number of hydrogen-bond acceptors (Lipinski definition) is 7. The molecule has 0 unspecified atom stereocenters. The Morgan fingerprint density at radius 1 is 1.22 bits per heavy atom. The van der Waals surface area contributed by atoms with Gasteiger partial charge in [-0.1, -0.05) is 6.58 Å². The summed E-state index contributed by atoms with van der Waals surface area (Å²) in [5.41, 5.74) is 0.448. The van der Waals surface area contributed by atoms with Gasteiger partial charge in [-0.15, -0.1) is 0 Å². The summed E-state index contributed by atoms with van der Waals surface area (Å²) in [5.74, 6) is -0.313. The molecule has 0 aliphatic carbocycles. The van der Waals surface area contributed by atoms with Crippen LogP contribution in [0, 0.1) is 0 Å². The molecule has 0 aliphatic rings. The molecule has 0 atom stereocenters. The van der Waals surface area contributed by atoms with Gasteiger partial charge in [0, 0.05) is 12.1 Å². The number of likely N-dealkylation sites (N-methyl/N-ethyl adjacent to an activating group) is 1. The van der Waals surface area contributed by atoms with E-state index in [1.165, 1.54) is 0 Å². The number of hydrogen-bond donors (Lipinski definition) is 0. The Balaban J connectivity index is 0. The van der Waals surface area contributed by atoms with Gasteiger partial charge in [0.1, 0.15) is 6.61 Å². The van der Waals surface area contributed by atoms with Gasteiger partial charge in [0.25, 0.3) is 0 Å². The first-order valence-electron chi connectivity index (χ1n) is 4.99. The fraction of sp³-hybridized carbons (Fsp3) is 0.700. The standard InChI is InChI=1S/C8H15NO2.C2H6O4S/c1-7(2)8(10)11-6-5-9(3)4;1-5-7(3,4)6-2/h1,5-6H2,2-4H3;1-2H3. The molecule has 0 aromatic carbocycles. The van der Waals surface area contributed by atoms with Crippen molar-refractivity contribution in [1.82, 2.24) is 4.90 Å². The monoisotopic (exact) mass is 283 g/mol. The highest BCUT2D eigenvalue weighted by Gasteiger charge is 2.02. The van der Waals surface area contributed by atoms with E-state index >= 15 is 0 Å². The predicted octanol–water partition coefficient (Wildman–Crippen LogP) is 0.191. The van der Waals surface area contributed by atoms with E-state index < -0.39 is 10.4 Å². The molecular weight excluding hydrogens is 262 g/mol. The maximum Gasteiger partial charge on any atom is 0.399 e. The normalized spacial score (nSPS) is 10.6. The summed E-state index contributed by atoms with van der Waals surface area (Å²) in [7, 11) is 2.25. The Labute approximate surface area is 109 Å². The largest absolute Gasteiger partial charge is 0.461 e. The Bertz CT molecular complexity index is 339. The zero-order valence-corrected chi connectivity index (χ0v) is 12.2. The van der Waals surface area contributed by atoms with Crippen LogP contribution in [0.1, 0.15) is 6.92 Å². The van der Waals surface area contributed by atoms with Gasteiger partial charge < -0.3 is 9.64 Å². The molecule has 0 fully saturated rings. The first-order chi connectivity index (χ1) is 8.16. The number of ether oxygens (including phenoxy) is 1. The molecule has 18 heavy (non-hydrogen) atoms. The molecule has 0 aliphatic heterocycles. The molecule has 0 spiro atoms. The lowest BCUT2D eigenvalue weighted by Crippen LogP contribution is -2.20. The van der Waals surface area contributed by atoms with Gasteiger partial charge in [-0.05, 0) is 21.0 Å². The summed E-state index contributed by atoms with van der Waals surface area (Å²) in [6.07, 6.45) is 0. The van der Waals surface area contributed by atoms with E-state index in [0.29, 0.717) is 12.2 Å². The maximum absolute atomic E-state index is 10.8. The summed E-state index contributed by atoms with van der Waals surface area (Å²) in [6.45, 7) is 6.28. The summed E-state index contributed by atoms with van der Waals surface area (Å²) in [5, 5.41) is 0. The van der Waals surface area contributed by atoms with E-state index in [1.807, 2.05) is 19.0 Å². The highest BCUT2D eigenvalue weighted by atomic mass is 32.3. The van der Waals surface area contributed by atoms with Crippen molar-refractivity contribution in [2.45, 2.75) is 6.92 Å². The van der Waals surface area contributed by atoms with Gasteiger partial charge in [0.2, 0.25) is 0 Å². The van der Waals surface area contributed by atoms with Crippen LogP contribution >= 0.6 is 0 Å². The molecule has 0 aromatic rings. The van der Waals surface area contributed by atoms with E-state index in [4.69, 9.17) is 4.74 Å². The molecule has 0 aromatic heterocycles. The van der Waals surface area contributed by atoms with Crippen LogP contribution in [-0.4, -0.2) is 60.8 Å². The van der Waals surface area contributed by atoms with Crippen LogP contribution in [0.5, 0.6) is 0 Å². The van der Waals surface area contributed by atoms with Crippen LogP contribution in [-0.2, 0) is 28.3 Å². The number of nitrogens with zero attached hydrogens (tertiary/aromatic N) is 1. The van der Waals surface area contributed by atoms with Gasteiger partial charge in [-0.3, -0.25) is 8.37 Å². The van der Waals surface area contributed by atoms with Crippen LogP contribution < -0.4 is 0 Å². The van der Waals surface area contributed by atoms with Crippen molar-refractivity contribution in [3.05, 3.63) is 12.2 Å². The average molecular weight is 283 g/mol. The van der Waals surface area contributed by atoms with Gasteiger partial charge in [0.05, 0.1) is 14.2 Å². The Hall–Kier alpha value is -0.960. The average Bonchev–Trinajstić information content (AvgIpc) is 2.29. The fourth-order valence-corrected chi connectivity index (χ4v) is 0.648. The maximum atomic E-state index is 10.8. The van der Waals surface area contributed by atoms with E-state index in [-0.39, 0.29) is 5.97 Å². The molecule has 7 nitrogen and oxygen atoms in total. The lowest BCUT2D eigenvalue weighted by Gasteiger charge is -2.09. The van der Waals surface area contributed by atoms with Crippen LogP contribution in [0.2, 0.25) is 0 Å². The zero-order valence-electron chi connectivity index (χ0n) is 11.4. The van der Waals surface area contributed by atoms with Crippen LogP contribution in [0.25, 0.3) is 0 Å². The van der Waals surface area contributed by atoms with Crippen LogP contribution in [0.4, 0.5) is 0 Å². The number of carbonyl (C=O) groups is 1. The topological polar surface area (TPSA) is 82.1 Å². The van der Waals surface area contributed by atoms with Gasteiger partial charge >= 0.3 is 16.4 Å². The van der Waals surface area contributed by atoms with Crippen molar-refractivity contribution in [3.63, 3.8) is 0 Å². The van der Waals surface area contributed by atoms with E-state index in [2.05, 4.69) is 14.9 Å².